The van der Waals surface area contributed by atoms with Gasteiger partial charge in [0.15, 0.2) is 0 Å². The molecule has 1 unspecified atom stereocenters. The molecule has 90 valence electrons. The average molecular weight is 332 g/mol. The number of thiazole rings is 1. The Bertz CT molecular complexity index is 507. The predicted octanol–water partition coefficient (Wildman–Crippen LogP) is 4.11. The lowest BCUT2D eigenvalue weighted by Gasteiger charge is -2.11. The van der Waals surface area contributed by atoms with Gasteiger partial charge in [-0.3, -0.25) is 0 Å². The lowest BCUT2D eigenvalue weighted by molar-refractivity contribution is 0.716. The zero-order valence-corrected chi connectivity index (χ0v) is 12.4. The Hall–Kier alpha value is -0.420. The van der Waals surface area contributed by atoms with Crippen LogP contribution in [0.2, 0.25) is 5.02 Å². The molecule has 0 saturated heterocycles. The molecule has 2 aromatic rings. The number of hydrogen-bond acceptors (Lipinski definition) is 3. The number of benzene rings is 1. The molecule has 17 heavy (non-hydrogen) atoms. The van der Waals surface area contributed by atoms with Gasteiger partial charge in [-0.25, -0.2) is 4.98 Å². The minimum absolute atomic E-state index is 0.0736. The first-order valence-electron chi connectivity index (χ1n) is 5.17. The monoisotopic (exact) mass is 330 g/mol. The van der Waals surface area contributed by atoms with E-state index in [-0.39, 0.29) is 6.04 Å². The molecule has 1 heterocycles. The summed E-state index contributed by atoms with van der Waals surface area (Å²) < 4.78 is 0.950. The lowest BCUT2D eigenvalue weighted by atomic mass is 10.1. The van der Waals surface area contributed by atoms with Crippen LogP contribution in [0.15, 0.2) is 28.1 Å². The summed E-state index contributed by atoms with van der Waals surface area (Å²) in [7, 11) is 0. The van der Waals surface area contributed by atoms with E-state index in [2.05, 4.69) is 20.9 Å². The van der Waals surface area contributed by atoms with Gasteiger partial charge in [0.1, 0.15) is 0 Å². The third kappa shape index (κ3) is 3.52. The highest BCUT2D eigenvalue weighted by Gasteiger charge is 2.11. The molecule has 0 spiro atoms. The van der Waals surface area contributed by atoms with E-state index in [1.165, 1.54) is 0 Å². The summed E-state index contributed by atoms with van der Waals surface area (Å²) >= 11 is 11.1. The summed E-state index contributed by atoms with van der Waals surface area (Å²) in [5.74, 6) is 0. The summed E-state index contributed by atoms with van der Waals surface area (Å²) in [6.45, 7) is 1.99. The Labute approximate surface area is 118 Å². The number of nitrogens with two attached hydrogens (primary N) is 1. The highest BCUT2D eigenvalue weighted by molar-refractivity contribution is 9.10. The van der Waals surface area contributed by atoms with Crippen molar-refractivity contribution in [2.45, 2.75) is 19.4 Å². The Morgan fingerprint density at radius 3 is 2.82 bits per heavy atom. The van der Waals surface area contributed by atoms with Crippen molar-refractivity contribution in [3.05, 3.63) is 49.3 Å². The SMILES string of the molecule is Cc1csc(CC(N)c2cc(Cl)cc(Br)c2)n1. The molecular formula is C12H12BrClN2S. The van der Waals surface area contributed by atoms with Crippen molar-refractivity contribution in [2.75, 3.05) is 0 Å². The predicted molar refractivity (Wildman–Crippen MR) is 76.6 cm³/mol. The van der Waals surface area contributed by atoms with Crippen molar-refractivity contribution >= 4 is 38.9 Å². The van der Waals surface area contributed by atoms with Crippen molar-refractivity contribution < 1.29 is 0 Å². The topological polar surface area (TPSA) is 38.9 Å². The van der Waals surface area contributed by atoms with Crippen LogP contribution in [0, 0.1) is 6.92 Å². The third-order valence-corrected chi connectivity index (χ3v) is 4.04. The van der Waals surface area contributed by atoms with Gasteiger partial charge in [0.25, 0.3) is 0 Å². The summed E-state index contributed by atoms with van der Waals surface area (Å²) in [5, 5.41) is 3.79. The van der Waals surface area contributed by atoms with Crippen LogP contribution in [0.3, 0.4) is 0 Å². The molecule has 0 radical (unpaired) electrons. The first kappa shape index (κ1) is 13.0. The van der Waals surface area contributed by atoms with Crippen molar-refractivity contribution in [1.82, 2.24) is 4.98 Å². The van der Waals surface area contributed by atoms with E-state index >= 15 is 0 Å². The van der Waals surface area contributed by atoms with Gasteiger partial charge < -0.3 is 5.73 Å². The molecule has 5 heteroatoms. The molecule has 0 aliphatic carbocycles. The number of aromatic nitrogens is 1. The highest BCUT2D eigenvalue weighted by atomic mass is 79.9. The summed E-state index contributed by atoms with van der Waals surface area (Å²) in [4.78, 5) is 4.41. The largest absolute Gasteiger partial charge is 0.324 e. The van der Waals surface area contributed by atoms with Gasteiger partial charge in [-0.05, 0) is 30.7 Å². The fourth-order valence-electron chi connectivity index (χ4n) is 1.59. The molecule has 0 aliphatic rings. The van der Waals surface area contributed by atoms with E-state index < -0.39 is 0 Å². The van der Waals surface area contributed by atoms with E-state index in [0.717, 1.165) is 27.2 Å². The molecule has 0 aliphatic heterocycles. The molecule has 2 nitrogen and oxygen atoms in total. The molecule has 1 atom stereocenters. The third-order valence-electron chi connectivity index (χ3n) is 2.37. The standard InChI is InChI=1S/C12H12BrClN2S/c1-7-6-17-12(16-7)5-11(15)8-2-9(13)4-10(14)3-8/h2-4,6,11H,5,15H2,1H3. The number of aryl methyl sites for hydroxylation is 1. The fraction of sp³-hybridized carbons (Fsp3) is 0.250. The molecule has 1 aromatic heterocycles. The van der Waals surface area contributed by atoms with Crippen LogP contribution in [0.5, 0.6) is 0 Å². The number of nitrogens with zero attached hydrogens (tertiary/aromatic N) is 1. The zero-order valence-electron chi connectivity index (χ0n) is 9.28. The fourth-order valence-corrected chi connectivity index (χ4v) is 3.31. The molecule has 0 amide bonds. The molecule has 2 rings (SSSR count). The van der Waals surface area contributed by atoms with Crippen molar-refractivity contribution in [2.24, 2.45) is 5.73 Å². The Morgan fingerprint density at radius 2 is 2.24 bits per heavy atom. The van der Waals surface area contributed by atoms with E-state index in [9.17, 15) is 0 Å². The number of rotatable bonds is 3. The smallest absolute Gasteiger partial charge is 0.0947 e. The molecular weight excluding hydrogens is 320 g/mol. The second kappa shape index (κ2) is 5.48. The van der Waals surface area contributed by atoms with Crippen LogP contribution in [-0.4, -0.2) is 4.98 Å². The zero-order chi connectivity index (χ0) is 12.4. The van der Waals surface area contributed by atoms with Crippen LogP contribution in [-0.2, 0) is 6.42 Å². The maximum absolute atomic E-state index is 6.16. The summed E-state index contributed by atoms with van der Waals surface area (Å²) in [5.41, 5.74) is 8.23. The minimum Gasteiger partial charge on any atom is -0.324 e. The van der Waals surface area contributed by atoms with Gasteiger partial charge >= 0.3 is 0 Å². The van der Waals surface area contributed by atoms with Crippen LogP contribution in [0.4, 0.5) is 0 Å². The Morgan fingerprint density at radius 1 is 1.47 bits per heavy atom. The molecule has 0 bridgehead atoms. The van der Waals surface area contributed by atoms with Gasteiger partial charge in [0.05, 0.1) is 5.01 Å². The van der Waals surface area contributed by atoms with Gasteiger partial charge in [0.2, 0.25) is 0 Å². The van der Waals surface area contributed by atoms with Crippen molar-refractivity contribution in [3.63, 3.8) is 0 Å². The number of halogens is 2. The van der Waals surface area contributed by atoms with E-state index in [0.29, 0.717) is 5.02 Å². The van der Waals surface area contributed by atoms with E-state index in [1.54, 1.807) is 11.3 Å². The first-order valence-corrected chi connectivity index (χ1v) is 7.22. The second-order valence-corrected chi connectivity index (χ2v) is 6.19. The summed E-state index contributed by atoms with van der Waals surface area (Å²) in [6.07, 6.45) is 0.741. The van der Waals surface area contributed by atoms with Crippen LogP contribution in [0.1, 0.15) is 22.3 Å². The van der Waals surface area contributed by atoms with Crippen LogP contribution >= 0.6 is 38.9 Å². The van der Waals surface area contributed by atoms with Gasteiger partial charge in [-0.1, -0.05) is 27.5 Å². The Balaban J connectivity index is 2.16. The number of hydrogen-bond donors (Lipinski definition) is 1. The van der Waals surface area contributed by atoms with E-state index in [4.69, 9.17) is 17.3 Å². The summed E-state index contributed by atoms with van der Waals surface area (Å²) in [6, 6.07) is 5.68. The second-order valence-electron chi connectivity index (χ2n) is 3.90. The average Bonchev–Trinajstić information content (AvgIpc) is 2.62. The molecule has 1 aromatic carbocycles. The van der Waals surface area contributed by atoms with Gasteiger partial charge in [0, 0.05) is 33.0 Å². The maximum atomic E-state index is 6.16. The van der Waals surface area contributed by atoms with Crippen molar-refractivity contribution in [3.8, 4) is 0 Å². The van der Waals surface area contributed by atoms with Crippen molar-refractivity contribution in [1.29, 1.82) is 0 Å². The quantitative estimate of drug-likeness (QED) is 0.919. The van der Waals surface area contributed by atoms with E-state index in [1.807, 2.05) is 30.5 Å². The Kier molecular flexibility index (Phi) is 4.20. The van der Waals surface area contributed by atoms with Gasteiger partial charge in [-0.15, -0.1) is 11.3 Å². The molecule has 2 N–H and O–H groups in total. The molecule has 0 fully saturated rings. The minimum atomic E-state index is -0.0736. The first-order chi connectivity index (χ1) is 8.04. The molecule has 0 saturated carbocycles. The van der Waals surface area contributed by atoms with Crippen LogP contribution in [0.25, 0.3) is 0 Å². The lowest BCUT2D eigenvalue weighted by Crippen LogP contribution is -2.13. The maximum Gasteiger partial charge on any atom is 0.0947 e. The van der Waals surface area contributed by atoms with Gasteiger partial charge in [-0.2, -0.15) is 0 Å². The van der Waals surface area contributed by atoms with Crippen LogP contribution < -0.4 is 5.73 Å². The normalized spacial score (nSPS) is 12.7. The highest BCUT2D eigenvalue weighted by Crippen LogP contribution is 2.25.